The predicted octanol–water partition coefficient (Wildman–Crippen LogP) is 6.32. The van der Waals surface area contributed by atoms with E-state index in [0.717, 1.165) is 10.9 Å². The molecule has 3 rings (SSSR count). The number of hydrogen-bond acceptors (Lipinski definition) is 0. The van der Waals surface area contributed by atoms with Gasteiger partial charge in [-0.2, -0.15) is 0 Å². The monoisotopic (exact) mass is 308 g/mol. The molecule has 108 valence electrons. The molecule has 0 bridgehead atoms. The maximum Gasteiger partial charge on any atom is 0.0439 e. The van der Waals surface area contributed by atoms with Crippen molar-refractivity contribution in [2.45, 2.75) is 45.4 Å². The molecular weight excluding hydrogens is 287 g/mol. The second kappa shape index (κ2) is 5.73. The number of halogens is 2. The van der Waals surface area contributed by atoms with Crippen LogP contribution in [0.3, 0.4) is 0 Å². The Morgan fingerprint density at radius 1 is 1.20 bits per heavy atom. The van der Waals surface area contributed by atoms with Crippen LogP contribution in [-0.4, -0.2) is 5.88 Å². The molecule has 1 aromatic carbocycles. The highest BCUT2D eigenvalue weighted by atomic mass is 35.5. The Hall–Kier alpha value is -0.460. The molecule has 0 N–H and O–H groups in total. The van der Waals surface area contributed by atoms with Gasteiger partial charge < -0.3 is 0 Å². The molecule has 0 unspecified atom stereocenters. The van der Waals surface area contributed by atoms with Crippen molar-refractivity contribution in [1.29, 1.82) is 0 Å². The highest BCUT2D eigenvalue weighted by Gasteiger charge is 2.40. The number of benzene rings is 1. The van der Waals surface area contributed by atoms with E-state index in [1.165, 1.54) is 55.2 Å². The lowest BCUT2D eigenvalue weighted by atomic mass is 9.59. The van der Waals surface area contributed by atoms with Crippen LogP contribution in [-0.2, 0) is 0 Å². The SMILES string of the molecule is C[C@@]12CCCC[C@@H]1CC(c1ccc(Cl)cc1)=C(CCl)C2. The highest BCUT2D eigenvalue weighted by molar-refractivity contribution is 6.30. The van der Waals surface area contributed by atoms with Crippen molar-refractivity contribution in [1.82, 2.24) is 0 Å². The molecule has 0 aromatic heterocycles. The van der Waals surface area contributed by atoms with Crippen molar-refractivity contribution >= 4 is 28.8 Å². The summed E-state index contributed by atoms with van der Waals surface area (Å²) in [4.78, 5) is 0. The van der Waals surface area contributed by atoms with E-state index >= 15 is 0 Å². The van der Waals surface area contributed by atoms with Crippen LogP contribution in [0, 0.1) is 11.3 Å². The van der Waals surface area contributed by atoms with Gasteiger partial charge in [0.15, 0.2) is 0 Å². The van der Waals surface area contributed by atoms with E-state index in [-0.39, 0.29) is 0 Å². The lowest BCUT2D eigenvalue weighted by Gasteiger charge is -2.46. The van der Waals surface area contributed by atoms with Crippen molar-refractivity contribution in [2.24, 2.45) is 11.3 Å². The van der Waals surface area contributed by atoms with E-state index < -0.39 is 0 Å². The summed E-state index contributed by atoms with van der Waals surface area (Å²) in [6, 6.07) is 8.28. The van der Waals surface area contributed by atoms with Gasteiger partial charge >= 0.3 is 0 Å². The van der Waals surface area contributed by atoms with Crippen LogP contribution < -0.4 is 0 Å². The number of alkyl halides is 1. The van der Waals surface area contributed by atoms with Crippen LogP contribution in [0.2, 0.25) is 5.02 Å². The largest absolute Gasteiger partial charge is 0.122 e. The van der Waals surface area contributed by atoms with Crippen molar-refractivity contribution < 1.29 is 0 Å². The standard InChI is InChI=1S/C18H22Cl2/c1-18-9-3-2-4-15(18)10-17(14(11-18)12-19)13-5-7-16(20)8-6-13/h5-8,15H,2-4,9-12H2,1H3/t15-,18+/m1/s1. The highest BCUT2D eigenvalue weighted by Crippen LogP contribution is 2.53. The van der Waals surface area contributed by atoms with Crippen LogP contribution in [0.4, 0.5) is 0 Å². The van der Waals surface area contributed by atoms with Crippen LogP contribution in [0.1, 0.15) is 51.0 Å². The summed E-state index contributed by atoms with van der Waals surface area (Å²) < 4.78 is 0. The average Bonchev–Trinajstić information content (AvgIpc) is 2.46. The Balaban J connectivity index is 1.97. The third-order valence-corrected chi connectivity index (χ3v) is 5.96. The molecule has 0 heterocycles. The fraction of sp³-hybridized carbons (Fsp3) is 0.556. The van der Waals surface area contributed by atoms with Crippen LogP contribution in [0.15, 0.2) is 29.8 Å². The average molecular weight is 309 g/mol. The molecule has 1 aromatic rings. The zero-order valence-electron chi connectivity index (χ0n) is 12.1. The molecule has 0 amide bonds. The molecule has 1 saturated carbocycles. The topological polar surface area (TPSA) is 0 Å². The van der Waals surface area contributed by atoms with Gasteiger partial charge in [-0.05, 0) is 60.3 Å². The van der Waals surface area contributed by atoms with Gasteiger partial charge in [-0.25, -0.2) is 0 Å². The minimum Gasteiger partial charge on any atom is -0.122 e. The van der Waals surface area contributed by atoms with E-state index in [1.54, 1.807) is 0 Å². The fourth-order valence-corrected chi connectivity index (χ4v) is 4.52. The van der Waals surface area contributed by atoms with Crippen molar-refractivity contribution in [3.63, 3.8) is 0 Å². The smallest absolute Gasteiger partial charge is 0.0439 e. The van der Waals surface area contributed by atoms with E-state index in [1.807, 2.05) is 12.1 Å². The molecule has 2 aliphatic carbocycles. The van der Waals surface area contributed by atoms with Gasteiger partial charge in [-0.15, -0.1) is 11.6 Å². The minimum absolute atomic E-state index is 0.485. The zero-order valence-corrected chi connectivity index (χ0v) is 13.6. The number of hydrogen-bond donors (Lipinski definition) is 0. The lowest BCUT2D eigenvalue weighted by molar-refractivity contribution is 0.111. The summed E-state index contributed by atoms with van der Waals surface area (Å²) in [7, 11) is 0. The van der Waals surface area contributed by atoms with Gasteiger partial charge in [0.1, 0.15) is 0 Å². The van der Waals surface area contributed by atoms with Gasteiger partial charge in [-0.3, -0.25) is 0 Å². The predicted molar refractivity (Wildman–Crippen MR) is 88.4 cm³/mol. The Bertz CT molecular complexity index is 515. The summed E-state index contributed by atoms with van der Waals surface area (Å²) in [5.41, 5.74) is 4.74. The van der Waals surface area contributed by atoms with Crippen molar-refractivity contribution in [2.75, 3.05) is 5.88 Å². The summed E-state index contributed by atoms with van der Waals surface area (Å²) in [6.07, 6.45) is 7.90. The third kappa shape index (κ3) is 2.65. The molecule has 0 radical (unpaired) electrons. The summed E-state index contributed by atoms with van der Waals surface area (Å²) >= 11 is 12.3. The molecule has 2 heteroatoms. The fourth-order valence-electron chi connectivity index (χ4n) is 4.14. The Kier molecular flexibility index (Phi) is 4.15. The molecule has 1 fully saturated rings. The van der Waals surface area contributed by atoms with Gasteiger partial charge in [0.05, 0.1) is 0 Å². The van der Waals surface area contributed by atoms with Crippen LogP contribution in [0.5, 0.6) is 0 Å². The molecule has 0 spiro atoms. The number of allylic oxidation sites excluding steroid dienone is 2. The van der Waals surface area contributed by atoms with Gasteiger partial charge in [-0.1, -0.05) is 49.1 Å². The van der Waals surface area contributed by atoms with Crippen molar-refractivity contribution in [3.8, 4) is 0 Å². The summed E-state index contributed by atoms with van der Waals surface area (Å²) in [6.45, 7) is 2.47. The first-order chi connectivity index (χ1) is 9.62. The zero-order chi connectivity index (χ0) is 14.2. The second-order valence-electron chi connectivity index (χ2n) is 6.70. The molecule has 0 aliphatic heterocycles. The quantitative estimate of drug-likeness (QED) is 0.560. The maximum atomic E-state index is 6.27. The first kappa shape index (κ1) is 14.5. The van der Waals surface area contributed by atoms with Gasteiger partial charge in [0, 0.05) is 10.9 Å². The summed E-state index contributed by atoms with van der Waals surface area (Å²) in [5, 5.41) is 0.806. The van der Waals surface area contributed by atoms with E-state index in [9.17, 15) is 0 Å². The molecule has 0 saturated heterocycles. The normalized spacial score (nSPS) is 30.2. The molecule has 2 aliphatic rings. The third-order valence-electron chi connectivity index (χ3n) is 5.38. The molecule has 0 nitrogen and oxygen atoms in total. The Labute approximate surface area is 132 Å². The Morgan fingerprint density at radius 3 is 2.65 bits per heavy atom. The first-order valence-corrected chi connectivity index (χ1v) is 8.56. The molecular formula is C18H22Cl2. The van der Waals surface area contributed by atoms with E-state index in [0.29, 0.717) is 11.3 Å². The second-order valence-corrected chi connectivity index (χ2v) is 7.40. The molecule has 20 heavy (non-hydrogen) atoms. The van der Waals surface area contributed by atoms with Gasteiger partial charge in [0.2, 0.25) is 0 Å². The van der Waals surface area contributed by atoms with Gasteiger partial charge in [0.25, 0.3) is 0 Å². The number of rotatable bonds is 2. The summed E-state index contributed by atoms with van der Waals surface area (Å²) in [5.74, 6) is 1.49. The maximum absolute atomic E-state index is 6.27. The van der Waals surface area contributed by atoms with Crippen molar-refractivity contribution in [3.05, 3.63) is 40.4 Å². The minimum atomic E-state index is 0.485. The number of fused-ring (bicyclic) bond motifs is 1. The first-order valence-electron chi connectivity index (χ1n) is 7.65. The van der Waals surface area contributed by atoms with E-state index in [4.69, 9.17) is 23.2 Å². The molecule has 2 atom stereocenters. The van der Waals surface area contributed by atoms with E-state index in [2.05, 4.69) is 19.1 Å². The lowest BCUT2D eigenvalue weighted by Crippen LogP contribution is -2.35. The van der Waals surface area contributed by atoms with Crippen LogP contribution in [0.25, 0.3) is 5.57 Å². The van der Waals surface area contributed by atoms with Crippen LogP contribution >= 0.6 is 23.2 Å². The Morgan fingerprint density at radius 2 is 1.95 bits per heavy atom.